The van der Waals surface area contributed by atoms with E-state index >= 15 is 0 Å². The van der Waals surface area contributed by atoms with E-state index in [1.165, 1.54) is 11.1 Å². The van der Waals surface area contributed by atoms with Gasteiger partial charge >= 0.3 is 7.82 Å². The van der Waals surface area contributed by atoms with Crippen LogP contribution in [0.25, 0.3) is 0 Å². The Morgan fingerprint density at radius 1 is 1.17 bits per heavy atom. The molecule has 0 aromatic heterocycles. The van der Waals surface area contributed by atoms with E-state index in [0.717, 1.165) is 12.8 Å². The highest BCUT2D eigenvalue weighted by Crippen LogP contribution is 2.44. The maximum absolute atomic E-state index is 11.5. The van der Waals surface area contributed by atoms with Crippen molar-refractivity contribution in [2.45, 2.75) is 60.5 Å². The molecule has 0 fully saturated rings. The van der Waals surface area contributed by atoms with Gasteiger partial charge in [0.15, 0.2) is 0 Å². The van der Waals surface area contributed by atoms with Gasteiger partial charge in [-0.1, -0.05) is 54.5 Å². The van der Waals surface area contributed by atoms with Crippen LogP contribution in [-0.2, 0) is 13.6 Å². The lowest BCUT2D eigenvalue weighted by atomic mass is 10.1. The van der Waals surface area contributed by atoms with Crippen LogP contribution in [0.15, 0.2) is 47.6 Å². The van der Waals surface area contributed by atoms with Gasteiger partial charge in [-0.2, -0.15) is 0 Å². The summed E-state index contributed by atoms with van der Waals surface area (Å²) in [7, 11) is -3.94. The Morgan fingerprint density at radius 2 is 1.83 bits per heavy atom. The zero-order valence-electron chi connectivity index (χ0n) is 15.9. The van der Waals surface area contributed by atoms with Crippen LogP contribution < -0.4 is 0 Å². The molecule has 5 heteroatoms. The predicted molar refractivity (Wildman–Crippen MR) is 102 cm³/mol. The molecule has 0 aromatic rings. The van der Waals surface area contributed by atoms with Crippen LogP contribution in [0.5, 0.6) is 0 Å². The summed E-state index contributed by atoms with van der Waals surface area (Å²) in [6.45, 7) is 11.9. The Morgan fingerprint density at radius 3 is 2.42 bits per heavy atom. The molecule has 0 saturated heterocycles. The topological polar surface area (TPSA) is 55.8 Å². The van der Waals surface area contributed by atoms with Gasteiger partial charge in [-0.25, -0.2) is 4.57 Å². The van der Waals surface area contributed by atoms with Gasteiger partial charge in [-0.15, -0.1) is 0 Å². The molecule has 0 aliphatic heterocycles. The number of hydrogen-bond donors (Lipinski definition) is 1. The lowest BCUT2D eigenvalue weighted by Gasteiger charge is -2.14. The van der Waals surface area contributed by atoms with Crippen LogP contribution in [0.2, 0.25) is 0 Å². The van der Waals surface area contributed by atoms with Gasteiger partial charge in [0, 0.05) is 0 Å². The summed E-state index contributed by atoms with van der Waals surface area (Å²) in [6.07, 6.45) is 13.9. The van der Waals surface area contributed by atoms with Crippen LogP contribution in [0, 0.1) is 5.92 Å². The zero-order valence-corrected chi connectivity index (χ0v) is 16.8. The van der Waals surface area contributed by atoms with Gasteiger partial charge in [0.05, 0.1) is 12.7 Å². The molecule has 3 unspecified atom stereocenters. The molecule has 4 nitrogen and oxygen atoms in total. The Hall–Kier alpha value is -0.930. The molecular weight excluding hydrogens is 323 g/mol. The lowest BCUT2D eigenvalue weighted by molar-refractivity contribution is 0.136. The molecule has 0 saturated carbocycles. The summed E-state index contributed by atoms with van der Waals surface area (Å²) in [5.74, 6) is 0.211. The predicted octanol–water partition coefficient (Wildman–Crippen LogP) is 5.97. The first kappa shape index (κ1) is 23.1. The van der Waals surface area contributed by atoms with Gasteiger partial charge in [0.1, 0.15) is 0 Å². The molecule has 0 amide bonds. The molecule has 138 valence electrons. The monoisotopic (exact) mass is 356 g/mol. The van der Waals surface area contributed by atoms with Crippen LogP contribution in [0.3, 0.4) is 0 Å². The number of rotatable bonds is 11. The van der Waals surface area contributed by atoms with Crippen molar-refractivity contribution in [3.05, 3.63) is 47.6 Å². The summed E-state index contributed by atoms with van der Waals surface area (Å²) >= 11 is 0. The van der Waals surface area contributed by atoms with Crippen LogP contribution >= 0.6 is 7.82 Å². The second-order valence-corrected chi connectivity index (χ2v) is 7.57. The van der Waals surface area contributed by atoms with Gasteiger partial charge in [0.2, 0.25) is 0 Å². The highest BCUT2D eigenvalue weighted by Gasteiger charge is 2.22. The summed E-state index contributed by atoms with van der Waals surface area (Å²) < 4.78 is 21.2. The molecule has 0 bridgehead atoms. The molecule has 1 N–H and O–H groups in total. The third-order valence-corrected chi connectivity index (χ3v) is 4.35. The Bertz CT molecular complexity index is 513. The van der Waals surface area contributed by atoms with Crippen molar-refractivity contribution in [1.29, 1.82) is 0 Å². The van der Waals surface area contributed by atoms with Gasteiger partial charge in [-0.05, 0) is 53.4 Å². The number of allylic oxidation sites excluding steroid dienone is 7. The molecule has 0 aliphatic carbocycles. The fraction of sp³-hybridized carbons (Fsp3) is 0.579. The summed E-state index contributed by atoms with van der Waals surface area (Å²) in [5.41, 5.74) is 2.69. The minimum atomic E-state index is -3.94. The van der Waals surface area contributed by atoms with Gasteiger partial charge in [-0.3, -0.25) is 9.05 Å². The Labute approximate surface area is 147 Å². The lowest BCUT2D eigenvalue weighted by Crippen LogP contribution is -2.05. The maximum Gasteiger partial charge on any atom is 0.472 e. The van der Waals surface area contributed by atoms with E-state index in [4.69, 9.17) is 4.52 Å². The molecule has 0 spiro atoms. The quantitative estimate of drug-likeness (QED) is 0.281. The molecule has 0 heterocycles. The Balaban J connectivity index is 4.34. The average molecular weight is 356 g/mol. The van der Waals surface area contributed by atoms with Crippen molar-refractivity contribution in [1.82, 2.24) is 0 Å². The molecule has 0 aliphatic rings. The van der Waals surface area contributed by atoms with Crippen molar-refractivity contribution >= 4 is 7.82 Å². The minimum absolute atomic E-state index is 0.142. The third kappa shape index (κ3) is 13.5. The van der Waals surface area contributed by atoms with Gasteiger partial charge < -0.3 is 4.89 Å². The normalized spacial score (nSPS) is 17.9. The first-order chi connectivity index (χ1) is 11.2. The third-order valence-electron chi connectivity index (χ3n) is 3.16. The second kappa shape index (κ2) is 12.4. The largest absolute Gasteiger partial charge is 0.472 e. The molecule has 3 atom stereocenters. The molecule has 0 radical (unpaired) electrons. The first-order valence-corrected chi connectivity index (χ1v) is 9.97. The average Bonchev–Trinajstić information content (AvgIpc) is 2.44. The standard InChI is InChI=1S/C19H33O4P/c1-7-22-24(20,21)23-19(6)15-14-18(5)13-9-12-17(4)11-8-10-16(2)3/h9-10,12-15,18-19H,7-8,11H2,1-6H3,(H,20,21)/b13-9+,15-14+,17-12+. The maximum atomic E-state index is 11.5. The van der Waals surface area contributed by atoms with Gasteiger partial charge in [0.25, 0.3) is 0 Å². The number of phosphoric ester groups is 1. The van der Waals surface area contributed by atoms with E-state index in [9.17, 15) is 9.46 Å². The summed E-state index contributed by atoms with van der Waals surface area (Å²) in [4.78, 5) is 9.41. The zero-order chi connectivity index (χ0) is 18.6. The number of phosphoric acid groups is 1. The SMILES string of the molecule is CCOP(=O)(O)OC(C)/C=C/C(C)/C=C/C=C(\C)CCC=C(C)C. The van der Waals surface area contributed by atoms with E-state index in [1.54, 1.807) is 19.9 Å². The summed E-state index contributed by atoms with van der Waals surface area (Å²) in [6, 6.07) is 0. The molecule has 0 aromatic carbocycles. The van der Waals surface area contributed by atoms with E-state index < -0.39 is 13.9 Å². The molecule has 24 heavy (non-hydrogen) atoms. The van der Waals surface area contributed by atoms with Crippen LogP contribution in [0.1, 0.15) is 54.4 Å². The van der Waals surface area contributed by atoms with Crippen molar-refractivity contribution in [3.63, 3.8) is 0 Å². The summed E-state index contributed by atoms with van der Waals surface area (Å²) in [5, 5.41) is 0. The highest BCUT2D eigenvalue weighted by molar-refractivity contribution is 7.47. The van der Waals surface area contributed by atoms with Crippen LogP contribution in [-0.4, -0.2) is 17.6 Å². The van der Waals surface area contributed by atoms with E-state index in [-0.39, 0.29) is 12.5 Å². The van der Waals surface area contributed by atoms with E-state index in [1.807, 2.05) is 13.0 Å². The molecule has 0 rings (SSSR count). The van der Waals surface area contributed by atoms with Crippen molar-refractivity contribution in [2.24, 2.45) is 5.92 Å². The Kier molecular flexibility index (Phi) is 12.0. The molecular formula is C19H33O4P. The minimum Gasteiger partial charge on any atom is -0.302 e. The van der Waals surface area contributed by atoms with Crippen molar-refractivity contribution < 1.29 is 18.5 Å². The smallest absolute Gasteiger partial charge is 0.302 e. The van der Waals surface area contributed by atoms with Crippen molar-refractivity contribution in [2.75, 3.05) is 6.61 Å². The fourth-order valence-corrected chi connectivity index (χ4v) is 2.78. The van der Waals surface area contributed by atoms with Crippen LogP contribution in [0.4, 0.5) is 0 Å². The van der Waals surface area contributed by atoms with E-state index in [2.05, 4.69) is 49.6 Å². The number of hydrogen-bond acceptors (Lipinski definition) is 3. The fourth-order valence-electron chi connectivity index (χ4n) is 1.90. The van der Waals surface area contributed by atoms with E-state index in [0.29, 0.717) is 0 Å². The first-order valence-electron chi connectivity index (χ1n) is 8.47. The second-order valence-electron chi connectivity index (χ2n) is 6.16. The highest BCUT2D eigenvalue weighted by atomic mass is 31.2. The van der Waals surface area contributed by atoms with Crippen molar-refractivity contribution in [3.8, 4) is 0 Å².